The van der Waals surface area contributed by atoms with Crippen molar-refractivity contribution in [2.24, 2.45) is 5.73 Å². The maximum atomic E-state index is 12.5. The third-order valence-electron chi connectivity index (χ3n) is 1.67. The van der Waals surface area contributed by atoms with Crippen LogP contribution in [0.4, 0.5) is 8.78 Å². The molecule has 0 unspecified atom stereocenters. The molecule has 7 heteroatoms. The Hall–Kier alpha value is -0.990. The molecule has 0 saturated heterocycles. The fraction of sp³-hybridized carbons (Fsp3) is 0.250. The second kappa shape index (κ2) is 4.69. The molecule has 1 aromatic heterocycles. The standard InChI is InChI=1S/C8H7F2IN2O2/c1-15-6-4(8(12)14)3(11)2-13-5(6)7(9)10/h2,7H,1H3,(H2,12,14). The first-order chi connectivity index (χ1) is 6.99. The molecule has 1 amide bonds. The van der Waals surface area contributed by atoms with Crippen LogP contribution in [0.3, 0.4) is 0 Å². The lowest BCUT2D eigenvalue weighted by Crippen LogP contribution is -2.16. The summed E-state index contributed by atoms with van der Waals surface area (Å²) >= 11 is 1.78. The predicted octanol–water partition coefficient (Wildman–Crippen LogP) is 1.73. The summed E-state index contributed by atoms with van der Waals surface area (Å²) < 4.78 is 30.1. The summed E-state index contributed by atoms with van der Waals surface area (Å²) in [6.45, 7) is 0. The van der Waals surface area contributed by atoms with Crippen LogP contribution in [-0.4, -0.2) is 18.0 Å². The minimum absolute atomic E-state index is 0.0663. The number of nitrogens with zero attached hydrogens (tertiary/aromatic N) is 1. The zero-order chi connectivity index (χ0) is 11.6. The van der Waals surface area contributed by atoms with E-state index in [4.69, 9.17) is 10.5 Å². The van der Waals surface area contributed by atoms with E-state index in [0.717, 1.165) is 6.20 Å². The summed E-state index contributed by atoms with van der Waals surface area (Å²) in [4.78, 5) is 14.5. The van der Waals surface area contributed by atoms with Crippen LogP contribution >= 0.6 is 22.6 Å². The molecule has 2 N–H and O–H groups in total. The second-order valence-corrected chi connectivity index (χ2v) is 3.73. The predicted molar refractivity (Wildman–Crippen MR) is 57.0 cm³/mol. The first-order valence-electron chi connectivity index (χ1n) is 3.79. The van der Waals surface area contributed by atoms with Gasteiger partial charge in [0.2, 0.25) is 0 Å². The van der Waals surface area contributed by atoms with Gasteiger partial charge in [0.05, 0.1) is 12.7 Å². The van der Waals surface area contributed by atoms with Crippen LogP contribution in [0.15, 0.2) is 6.20 Å². The summed E-state index contributed by atoms with van der Waals surface area (Å²) in [5.41, 5.74) is 4.42. The normalized spacial score (nSPS) is 10.5. The smallest absolute Gasteiger partial charge is 0.284 e. The lowest BCUT2D eigenvalue weighted by atomic mass is 10.2. The molecule has 0 aliphatic rings. The molecule has 1 rings (SSSR count). The minimum atomic E-state index is -2.81. The van der Waals surface area contributed by atoms with Gasteiger partial charge in [0.25, 0.3) is 12.3 Å². The fourth-order valence-electron chi connectivity index (χ4n) is 1.08. The van der Waals surface area contributed by atoms with Gasteiger partial charge in [-0.05, 0) is 22.6 Å². The molecule has 4 nitrogen and oxygen atoms in total. The highest BCUT2D eigenvalue weighted by Gasteiger charge is 2.23. The Balaban J connectivity index is 3.47. The highest BCUT2D eigenvalue weighted by molar-refractivity contribution is 14.1. The maximum Gasteiger partial charge on any atom is 0.284 e. The number of rotatable bonds is 3. The Morgan fingerprint density at radius 3 is 2.67 bits per heavy atom. The molecule has 15 heavy (non-hydrogen) atoms. The first kappa shape index (κ1) is 12.1. The summed E-state index contributed by atoms with van der Waals surface area (Å²) in [5.74, 6) is -1.08. The zero-order valence-corrected chi connectivity index (χ0v) is 9.79. The van der Waals surface area contributed by atoms with Gasteiger partial charge in [-0.2, -0.15) is 0 Å². The highest BCUT2D eigenvalue weighted by atomic mass is 127. The third-order valence-corrected chi connectivity index (χ3v) is 2.49. The number of hydrogen-bond donors (Lipinski definition) is 1. The van der Waals surface area contributed by atoms with Gasteiger partial charge in [-0.1, -0.05) is 0 Å². The molecule has 1 aromatic rings. The molecular weight excluding hydrogens is 321 g/mol. The van der Waals surface area contributed by atoms with Gasteiger partial charge in [0.15, 0.2) is 5.75 Å². The number of amides is 1. The van der Waals surface area contributed by atoms with E-state index in [9.17, 15) is 13.6 Å². The summed E-state index contributed by atoms with van der Waals surface area (Å²) in [7, 11) is 1.19. The van der Waals surface area contributed by atoms with Crippen molar-refractivity contribution in [2.75, 3.05) is 7.11 Å². The van der Waals surface area contributed by atoms with Gasteiger partial charge in [-0.15, -0.1) is 0 Å². The Bertz CT molecular complexity index is 398. The molecule has 82 valence electrons. The molecule has 1 heterocycles. The van der Waals surface area contributed by atoms with Gasteiger partial charge < -0.3 is 10.5 Å². The van der Waals surface area contributed by atoms with Gasteiger partial charge in [-0.3, -0.25) is 9.78 Å². The Kier molecular flexibility index (Phi) is 3.77. The number of carbonyl (C=O) groups excluding carboxylic acids is 1. The maximum absolute atomic E-state index is 12.5. The minimum Gasteiger partial charge on any atom is -0.494 e. The largest absolute Gasteiger partial charge is 0.494 e. The van der Waals surface area contributed by atoms with Crippen molar-refractivity contribution in [3.63, 3.8) is 0 Å². The number of methoxy groups -OCH3 is 1. The molecule has 0 bridgehead atoms. The zero-order valence-electron chi connectivity index (χ0n) is 7.63. The van der Waals surface area contributed by atoms with Crippen LogP contribution in [0.2, 0.25) is 0 Å². The van der Waals surface area contributed by atoms with Crippen LogP contribution in [0, 0.1) is 3.57 Å². The van der Waals surface area contributed by atoms with Crippen molar-refractivity contribution in [1.82, 2.24) is 4.98 Å². The van der Waals surface area contributed by atoms with Gasteiger partial charge >= 0.3 is 0 Å². The number of aromatic nitrogens is 1. The average Bonchev–Trinajstić information content (AvgIpc) is 2.15. The molecule has 0 aromatic carbocycles. The molecule has 0 spiro atoms. The van der Waals surface area contributed by atoms with Crippen molar-refractivity contribution in [3.8, 4) is 5.75 Å². The Morgan fingerprint density at radius 2 is 2.27 bits per heavy atom. The van der Waals surface area contributed by atoms with Crippen molar-refractivity contribution in [3.05, 3.63) is 21.0 Å². The SMILES string of the molecule is COc1c(C(F)F)ncc(I)c1C(N)=O. The number of nitrogens with two attached hydrogens (primary N) is 1. The molecule has 0 atom stereocenters. The molecule has 0 saturated carbocycles. The molecule has 0 fully saturated rings. The molecule has 0 aliphatic carbocycles. The third kappa shape index (κ3) is 2.33. The van der Waals surface area contributed by atoms with Crippen molar-refractivity contribution >= 4 is 28.5 Å². The van der Waals surface area contributed by atoms with E-state index in [2.05, 4.69) is 4.98 Å². The van der Waals surface area contributed by atoms with Crippen LogP contribution in [0.25, 0.3) is 0 Å². The number of carbonyl (C=O) groups is 1. The van der Waals surface area contributed by atoms with Crippen molar-refractivity contribution < 1.29 is 18.3 Å². The lowest BCUT2D eigenvalue weighted by Gasteiger charge is -2.11. The summed E-state index contributed by atoms with van der Waals surface area (Å²) in [6.07, 6.45) is -1.65. The van der Waals surface area contributed by atoms with Gasteiger partial charge in [-0.25, -0.2) is 8.78 Å². The highest BCUT2D eigenvalue weighted by Crippen LogP contribution is 2.32. The number of hydrogen-bond acceptors (Lipinski definition) is 3. The van der Waals surface area contributed by atoms with Crippen LogP contribution in [0.5, 0.6) is 5.75 Å². The molecular formula is C8H7F2IN2O2. The number of alkyl halides is 2. The van der Waals surface area contributed by atoms with Crippen LogP contribution in [-0.2, 0) is 0 Å². The topological polar surface area (TPSA) is 65.2 Å². The quantitative estimate of drug-likeness (QED) is 0.860. The Morgan fingerprint density at radius 1 is 1.67 bits per heavy atom. The number of halogens is 3. The van der Waals surface area contributed by atoms with Crippen LogP contribution < -0.4 is 10.5 Å². The lowest BCUT2D eigenvalue weighted by molar-refractivity contribution is 0.0994. The summed E-state index contributed by atoms with van der Waals surface area (Å²) in [6, 6.07) is 0. The van der Waals surface area contributed by atoms with Crippen molar-refractivity contribution in [1.29, 1.82) is 0 Å². The number of pyridine rings is 1. The molecule has 0 aliphatic heterocycles. The van der Waals surface area contributed by atoms with Gasteiger partial charge in [0.1, 0.15) is 5.69 Å². The van der Waals surface area contributed by atoms with Crippen LogP contribution in [0.1, 0.15) is 22.5 Å². The van der Waals surface area contributed by atoms with E-state index in [1.54, 1.807) is 22.6 Å². The Labute approximate surface area is 98.0 Å². The van der Waals surface area contributed by atoms with E-state index in [1.165, 1.54) is 7.11 Å². The van der Waals surface area contributed by atoms with Gasteiger partial charge in [0, 0.05) is 9.77 Å². The van der Waals surface area contributed by atoms with E-state index >= 15 is 0 Å². The van der Waals surface area contributed by atoms with E-state index < -0.39 is 18.0 Å². The van der Waals surface area contributed by atoms with E-state index in [0.29, 0.717) is 3.57 Å². The number of primary amides is 1. The first-order valence-corrected chi connectivity index (χ1v) is 4.87. The summed E-state index contributed by atoms with van der Waals surface area (Å²) in [5, 5.41) is 0. The van der Waals surface area contributed by atoms with Crippen molar-refractivity contribution in [2.45, 2.75) is 6.43 Å². The second-order valence-electron chi connectivity index (χ2n) is 2.56. The fourth-order valence-corrected chi connectivity index (χ4v) is 1.73. The molecule has 0 radical (unpaired) electrons. The van der Waals surface area contributed by atoms with E-state index in [1.807, 2.05) is 0 Å². The van der Waals surface area contributed by atoms with E-state index in [-0.39, 0.29) is 11.3 Å². The monoisotopic (exact) mass is 328 g/mol. The average molecular weight is 328 g/mol. The number of ether oxygens (including phenoxy) is 1.